The van der Waals surface area contributed by atoms with E-state index >= 15 is 0 Å². The number of hydrogen-bond acceptors (Lipinski definition) is 6. The third-order valence-electron chi connectivity index (χ3n) is 4.89. The summed E-state index contributed by atoms with van der Waals surface area (Å²) in [7, 11) is 0. The van der Waals surface area contributed by atoms with Crippen LogP contribution in [0.25, 0.3) is 0 Å². The summed E-state index contributed by atoms with van der Waals surface area (Å²) in [6.07, 6.45) is -1.73. The van der Waals surface area contributed by atoms with E-state index in [-0.39, 0.29) is 17.8 Å². The Morgan fingerprint density at radius 2 is 1.63 bits per heavy atom. The predicted octanol–water partition coefficient (Wildman–Crippen LogP) is 4.29. The van der Waals surface area contributed by atoms with Crippen LogP contribution in [0, 0.1) is 5.92 Å². The molecule has 0 aliphatic carbocycles. The Labute approximate surface area is 175 Å². The van der Waals surface area contributed by atoms with Crippen molar-refractivity contribution in [3.05, 3.63) is 59.4 Å². The molecule has 7 nitrogen and oxygen atoms in total. The first kappa shape index (κ1) is 21.6. The van der Waals surface area contributed by atoms with E-state index in [0.717, 1.165) is 5.69 Å². The summed E-state index contributed by atoms with van der Waals surface area (Å²) in [6.45, 7) is 7.53. The molecule has 3 rings (SSSR count). The molecule has 1 aliphatic heterocycles. The largest absolute Gasteiger partial charge is 0.511 e. The number of hydrogen-bond donors (Lipinski definition) is 0. The van der Waals surface area contributed by atoms with Gasteiger partial charge in [0.15, 0.2) is 0 Å². The summed E-state index contributed by atoms with van der Waals surface area (Å²) in [5.41, 5.74) is 1.87. The number of aromatic nitrogens is 1. The quantitative estimate of drug-likeness (QED) is 0.382. The SMILES string of the molecule is CC(C)OC(=O)OC(OC(=O)C1CCn2c(C(=O)c3ccccc3)ccc21)C(C)C. The van der Waals surface area contributed by atoms with Crippen molar-refractivity contribution in [1.29, 1.82) is 0 Å². The van der Waals surface area contributed by atoms with E-state index in [1.165, 1.54) is 0 Å². The van der Waals surface area contributed by atoms with Gasteiger partial charge in [0.25, 0.3) is 6.29 Å². The fourth-order valence-corrected chi connectivity index (χ4v) is 3.43. The van der Waals surface area contributed by atoms with Crippen LogP contribution in [0.4, 0.5) is 4.79 Å². The van der Waals surface area contributed by atoms with Crippen LogP contribution in [-0.4, -0.2) is 34.9 Å². The van der Waals surface area contributed by atoms with Crippen LogP contribution in [-0.2, 0) is 25.5 Å². The second-order valence-corrected chi connectivity index (χ2v) is 7.92. The van der Waals surface area contributed by atoms with Gasteiger partial charge in [-0.3, -0.25) is 9.59 Å². The van der Waals surface area contributed by atoms with Gasteiger partial charge in [-0.05, 0) is 32.4 Å². The number of nitrogens with zero attached hydrogens (tertiary/aromatic N) is 1. The molecule has 1 aliphatic rings. The molecule has 7 heteroatoms. The first-order valence-corrected chi connectivity index (χ1v) is 10.1. The molecule has 2 aromatic rings. The maximum Gasteiger partial charge on any atom is 0.511 e. The van der Waals surface area contributed by atoms with Crippen LogP contribution >= 0.6 is 0 Å². The second-order valence-electron chi connectivity index (χ2n) is 7.92. The number of esters is 1. The van der Waals surface area contributed by atoms with Crippen LogP contribution in [0.15, 0.2) is 42.5 Å². The number of ether oxygens (including phenoxy) is 3. The summed E-state index contributed by atoms with van der Waals surface area (Å²) in [4.78, 5) is 37.4. The van der Waals surface area contributed by atoms with Crippen molar-refractivity contribution in [1.82, 2.24) is 4.57 Å². The topological polar surface area (TPSA) is 83.8 Å². The standard InChI is InChI=1S/C23H27NO6/c1-14(2)22(30-23(27)28-15(3)4)29-21(26)17-12-13-24-18(17)10-11-19(24)20(25)16-8-6-5-7-9-16/h5-11,14-15,17,22H,12-13H2,1-4H3. The van der Waals surface area contributed by atoms with Gasteiger partial charge >= 0.3 is 12.1 Å². The summed E-state index contributed by atoms with van der Waals surface area (Å²) in [5.74, 6) is -1.33. The molecule has 2 unspecified atom stereocenters. The highest BCUT2D eigenvalue weighted by molar-refractivity contribution is 6.08. The highest BCUT2D eigenvalue weighted by Gasteiger charge is 2.35. The molecule has 1 aromatic heterocycles. The third-order valence-corrected chi connectivity index (χ3v) is 4.89. The molecule has 2 heterocycles. The first-order chi connectivity index (χ1) is 14.3. The van der Waals surface area contributed by atoms with Gasteiger partial charge in [-0.25, -0.2) is 4.79 Å². The summed E-state index contributed by atoms with van der Waals surface area (Å²) < 4.78 is 17.5. The second kappa shape index (κ2) is 9.15. The molecule has 30 heavy (non-hydrogen) atoms. The minimum absolute atomic E-state index is 0.0873. The van der Waals surface area contributed by atoms with E-state index in [9.17, 15) is 14.4 Å². The zero-order valence-corrected chi connectivity index (χ0v) is 17.7. The lowest BCUT2D eigenvalue weighted by molar-refractivity contribution is -0.181. The minimum Gasteiger partial charge on any atom is -0.431 e. The van der Waals surface area contributed by atoms with Crippen LogP contribution in [0.2, 0.25) is 0 Å². The average Bonchev–Trinajstić information content (AvgIpc) is 3.28. The number of carbonyl (C=O) groups is 3. The number of rotatable bonds is 7. The lowest BCUT2D eigenvalue weighted by Gasteiger charge is -2.23. The molecule has 160 valence electrons. The van der Waals surface area contributed by atoms with E-state index in [1.54, 1.807) is 52.0 Å². The Hall–Kier alpha value is -3.09. The number of ketones is 1. The maximum atomic E-state index is 12.8. The Kier molecular flexibility index (Phi) is 6.59. The summed E-state index contributed by atoms with van der Waals surface area (Å²) >= 11 is 0. The van der Waals surface area contributed by atoms with Gasteiger partial charge in [0, 0.05) is 23.7 Å². The third kappa shape index (κ3) is 4.72. The van der Waals surface area contributed by atoms with E-state index < -0.39 is 24.3 Å². The minimum atomic E-state index is -1.04. The fraction of sp³-hybridized carbons (Fsp3) is 0.435. The van der Waals surface area contributed by atoms with Gasteiger partial charge < -0.3 is 18.8 Å². The molecule has 2 atom stereocenters. The van der Waals surface area contributed by atoms with Crippen LogP contribution in [0.3, 0.4) is 0 Å². The number of fused-ring (bicyclic) bond motifs is 1. The smallest absolute Gasteiger partial charge is 0.431 e. The molecule has 0 N–H and O–H groups in total. The Balaban J connectivity index is 1.71. The van der Waals surface area contributed by atoms with Crippen molar-refractivity contribution in [2.45, 2.75) is 59.0 Å². The van der Waals surface area contributed by atoms with Crippen molar-refractivity contribution in [2.24, 2.45) is 5.92 Å². The van der Waals surface area contributed by atoms with Crippen LogP contribution in [0.5, 0.6) is 0 Å². The Morgan fingerprint density at radius 3 is 2.27 bits per heavy atom. The van der Waals surface area contributed by atoms with Gasteiger partial charge in [-0.15, -0.1) is 0 Å². The highest BCUT2D eigenvalue weighted by Crippen LogP contribution is 2.33. The van der Waals surface area contributed by atoms with E-state index in [2.05, 4.69) is 0 Å². The molecule has 0 amide bonds. The summed E-state index contributed by atoms with van der Waals surface area (Å²) in [5, 5.41) is 0. The van der Waals surface area contributed by atoms with Crippen molar-refractivity contribution < 1.29 is 28.6 Å². The lowest BCUT2D eigenvalue weighted by Crippen LogP contribution is -2.32. The predicted molar refractivity (Wildman–Crippen MR) is 109 cm³/mol. The van der Waals surface area contributed by atoms with Crippen molar-refractivity contribution >= 4 is 17.9 Å². The van der Waals surface area contributed by atoms with E-state index in [4.69, 9.17) is 14.2 Å². The number of benzene rings is 1. The normalized spacial score (nSPS) is 16.3. The molecule has 0 bridgehead atoms. The Bertz CT molecular complexity index is 915. The molecule has 0 saturated heterocycles. The van der Waals surface area contributed by atoms with Gasteiger partial charge in [0.05, 0.1) is 17.7 Å². The first-order valence-electron chi connectivity index (χ1n) is 10.1. The monoisotopic (exact) mass is 413 g/mol. The molecular formula is C23H27NO6. The highest BCUT2D eigenvalue weighted by atomic mass is 16.8. The Morgan fingerprint density at radius 1 is 0.933 bits per heavy atom. The van der Waals surface area contributed by atoms with Gasteiger partial charge in [-0.1, -0.05) is 44.2 Å². The molecule has 1 aromatic carbocycles. The zero-order chi connectivity index (χ0) is 21.8. The molecule has 0 saturated carbocycles. The maximum absolute atomic E-state index is 12.8. The van der Waals surface area contributed by atoms with Gasteiger partial charge in [0.2, 0.25) is 5.78 Å². The van der Waals surface area contributed by atoms with Crippen molar-refractivity contribution in [2.75, 3.05) is 0 Å². The molecule has 0 fully saturated rings. The molecular weight excluding hydrogens is 386 g/mol. The van der Waals surface area contributed by atoms with E-state index in [1.807, 2.05) is 22.8 Å². The zero-order valence-electron chi connectivity index (χ0n) is 17.7. The van der Waals surface area contributed by atoms with Crippen molar-refractivity contribution in [3.63, 3.8) is 0 Å². The lowest BCUT2D eigenvalue weighted by atomic mass is 10.0. The average molecular weight is 413 g/mol. The van der Waals surface area contributed by atoms with Crippen molar-refractivity contribution in [3.8, 4) is 0 Å². The number of carbonyl (C=O) groups excluding carboxylic acids is 3. The fourth-order valence-electron chi connectivity index (χ4n) is 3.43. The molecule has 0 radical (unpaired) electrons. The van der Waals surface area contributed by atoms with Crippen LogP contribution < -0.4 is 0 Å². The summed E-state index contributed by atoms with van der Waals surface area (Å²) in [6, 6.07) is 12.5. The van der Waals surface area contributed by atoms with Gasteiger partial charge in [0.1, 0.15) is 0 Å². The molecule has 0 spiro atoms. The van der Waals surface area contributed by atoms with Gasteiger partial charge in [-0.2, -0.15) is 0 Å². The van der Waals surface area contributed by atoms with E-state index in [0.29, 0.717) is 24.2 Å². The van der Waals surface area contributed by atoms with Crippen LogP contribution in [0.1, 0.15) is 61.8 Å².